The van der Waals surface area contributed by atoms with E-state index in [4.69, 9.17) is 11.5 Å². The van der Waals surface area contributed by atoms with Crippen molar-refractivity contribution in [1.82, 2.24) is 26.6 Å². The van der Waals surface area contributed by atoms with Crippen molar-refractivity contribution in [3.63, 3.8) is 0 Å². The van der Waals surface area contributed by atoms with Crippen molar-refractivity contribution in [2.45, 2.75) is 95.9 Å². The number of carbonyl (C=O) groups excluding carboxylic acids is 6. The first-order chi connectivity index (χ1) is 24.3. The molecule has 0 aliphatic heterocycles. The van der Waals surface area contributed by atoms with E-state index in [1.165, 1.54) is 18.7 Å². The minimum absolute atomic E-state index is 0.0135. The van der Waals surface area contributed by atoms with Crippen LogP contribution in [0, 0.1) is 5.92 Å². The van der Waals surface area contributed by atoms with Gasteiger partial charge in [0.25, 0.3) is 0 Å². The highest BCUT2D eigenvalue weighted by atomic mass is 32.2. The van der Waals surface area contributed by atoms with Crippen LogP contribution in [0.2, 0.25) is 0 Å². The second kappa shape index (κ2) is 23.1. The van der Waals surface area contributed by atoms with Gasteiger partial charge in [-0.2, -0.15) is 11.8 Å². The number of nitrogens with one attached hydrogen (secondary N) is 5. The van der Waals surface area contributed by atoms with E-state index in [0.717, 1.165) is 11.1 Å². The molecule has 0 aromatic heterocycles. The van der Waals surface area contributed by atoms with Crippen molar-refractivity contribution in [2.75, 3.05) is 18.6 Å². The lowest BCUT2D eigenvalue weighted by atomic mass is 10.0. The van der Waals surface area contributed by atoms with E-state index in [0.29, 0.717) is 31.6 Å². The fraction of sp³-hybridized carbons (Fsp3) is 0.514. The first-order valence-corrected chi connectivity index (χ1v) is 18.8. The summed E-state index contributed by atoms with van der Waals surface area (Å²) in [7, 11) is 0. The molecule has 5 atom stereocenters. The van der Waals surface area contributed by atoms with Crippen molar-refractivity contribution < 1.29 is 28.8 Å². The molecule has 0 unspecified atom stereocenters. The van der Waals surface area contributed by atoms with Crippen LogP contribution in [0.1, 0.15) is 64.0 Å². The Labute approximate surface area is 305 Å². The Morgan fingerprint density at radius 1 is 0.647 bits per heavy atom. The molecule has 51 heavy (non-hydrogen) atoms. The van der Waals surface area contributed by atoms with Crippen LogP contribution in [0.25, 0.3) is 0 Å². The lowest BCUT2D eigenvalue weighted by Crippen LogP contribution is -2.59. The molecule has 2 aromatic carbocycles. The lowest BCUT2D eigenvalue weighted by Gasteiger charge is -2.26. The monoisotopic (exact) mass is 725 g/mol. The summed E-state index contributed by atoms with van der Waals surface area (Å²) in [5.74, 6) is -2.72. The maximum Gasteiger partial charge on any atom is 0.243 e. The van der Waals surface area contributed by atoms with Gasteiger partial charge in [0.2, 0.25) is 35.4 Å². The Hall–Kier alpha value is -4.43. The molecule has 0 saturated heterocycles. The summed E-state index contributed by atoms with van der Waals surface area (Å²) >= 11 is 1.51. The SMILES string of the molecule is CSCC[C@H](NC(=O)[C@H](CC(C)C)NC(=O)[C@H](C)NC(=O)[C@H](Cc1ccccc1)NC(=O)[C@H](Cc1ccccc1)NC(=O)CCCCN)C(N)=O. The summed E-state index contributed by atoms with van der Waals surface area (Å²) in [6.07, 6.45) is 4.25. The molecule has 0 saturated carbocycles. The van der Waals surface area contributed by atoms with Gasteiger partial charge in [0.1, 0.15) is 30.2 Å². The molecule has 0 fully saturated rings. The van der Waals surface area contributed by atoms with Crippen LogP contribution in [0.5, 0.6) is 0 Å². The molecule has 9 N–H and O–H groups in total. The smallest absolute Gasteiger partial charge is 0.243 e. The van der Waals surface area contributed by atoms with Gasteiger partial charge in [-0.3, -0.25) is 28.8 Å². The molecule has 280 valence electrons. The highest BCUT2D eigenvalue weighted by Gasteiger charge is 2.31. The Balaban J connectivity index is 2.23. The number of nitrogens with two attached hydrogens (primary N) is 2. The number of carbonyl (C=O) groups is 6. The molecule has 0 bridgehead atoms. The number of benzene rings is 2. The van der Waals surface area contributed by atoms with E-state index in [1.807, 2.05) is 80.8 Å². The van der Waals surface area contributed by atoms with E-state index in [-0.39, 0.29) is 37.5 Å². The molecule has 0 aliphatic carbocycles. The fourth-order valence-electron chi connectivity index (χ4n) is 5.26. The Morgan fingerprint density at radius 3 is 1.65 bits per heavy atom. The molecule has 0 aliphatic rings. The Morgan fingerprint density at radius 2 is 1.14 bits per heavy atom. The fourth-order valence-corrected chi connectivity index (χ4v) is 5.73. The quantitative estimate of drug-likeness (QED) is 0.0828. The van der Waals surface area contributed by atoms with Gasteiger partial charge in [-0.1, -0.05) is 74.5 Å². The van der Waals surface area contributed by atoms with Crippen LogP contribution in [0.3, 0.4) is 0 Å². The maximum absolute atomic E-state index is 13.8. The maximum atomic E-state index is 13.8. The van der Waals surface area contributed by atoms with Crippen LogP contribution in [-0.2, 0) is 41.6 Å². The van der Waals surface area contributed by atoms with E-state index >= 15 is 0 Å². The normalized spacial score (nSPS) is 13.9. The molecule has 14 heteroatoms. The summed E-state index contributed by atoms with van der Waals surface area (Å²) < 4.78 is 0. The van der Waals surface area contributed by atoms with Crippen molar-refractivity contribution in [1.29, 1.82) is 0 Å². The number of primary amides is 1. The minimum atomic E-state index is -1.11. The average Bonchev–Trinajstić information content (AvgIpc) is 3.09. The summed E-state index contributed by atoms with van der Waals surface area (Å²) in [6.45, 7) is 5.71. The summed E-state index contributed by atoms with van der Waals surface area (Å²) in [5.41, 5.74) is 12.7. The highest BCUT2D eigenvalue weighted by Crippen LogP contribution is 2.10. The molecular formula is C37H55N7O6S. The average molecular weight is 726 g/mol. The van der Waals surface area contributed by atoms with Gasteiger partial charge < -0.3 is 38.1 Å². The highest BCUT2D eigenvalue weighted by molar-refractivity contribution is 7.98. The number of hydrogen-bond donors (Lipinski definition) is 7. The minimum Gasteiger partial charge on any atom is -0.368 e. The molecule has 2 aromatic rings. The second-order valence-electron chi connectivity index (χ2n) is 13.0. The zero-order valence-corrected chi connectivity index (χ0v) is 30.9. The molecule has 0 heterocycles. The summed E-state index contributed by atoms with van der Waals surface area (Å²) in [4.78, 5) is 78.9. The summed E-state index contributed by atoms with van der Waals surface area (Å²) in [5, 5.41) is 13.7. The van der Waals surface area contributed by atoms with Crippen molar-refractivity contribution in [3.8, 4) is 0 Å². The van der Waals surface area contributed by atoms with Crippen molar-refractivity contribution in [3.05, 3.63) is 71.8 Å². The van der Waals surface area contributed by atoms with Crippen LogP contribution in [0.4, 0.5) is 0 Å². The molecule has 2 rings (SSSR count). The van der Waals surface area contributed by atoms with Gasteiger partial charge in [-0.25, -0.2) is 0 Å². The van der Waals surface area contributed by atoms with E-state index in [2.05, 4.69) is 26.6 Å². The van der Waals surface area contributed by atoms with Gasteiger partial charge in [0, 0.05) is 19.3 Å². The Bertz CT molecular complexity index is 1410. The van der Waals surface area contributed by atoms with Crippen LogP contribution in [-0.4, -0.2) is 84.2 Å². The van der Waals surface area contributed by atoms with Gasteiger partial charge in [-0.05, 0) is 68.2 Å². The number of unbranched alkanes of at least 4 members (excludes halogenated alkanes) is 1. The standard InChI is InChI=1S/C37H55N7O6S/c1-24(2)21-29(36(49)42-28(33(39)46)18-20-51-4)43-34(47)25(3)40-35(48)31(23-27-15-9-6-10-16-27)44-37(50)30(22-26-13-7-5-8-14-26)41-32(45)17-11-12-19-38/h5-10,13-16,24-25,28-31H,11-12,17-23,38H2,1-4H3,(H2,39,46)(H,40,48)(H,41,45)(H,42,49)(H,43,47)(H,44,50)/t25-,28-,29-,30-,31-/m0/s1. The third-order valence-electron chi connectivity index (χ3n) is 8.07. The van der Waals surface area contributed by atoms with Gasteiger partial charge in [0.05, 0.1) is 0 Å². The molecular weight excluding hydrogens is 671 g/mol. The number of rotatable bonds is 23. The molecule has 0 radical (unpaired) electrons. The third kappa shape index (κ3) is 16.4. The number of hydrogen-bond acceptors (Lipinski definition) is 8. The lowest BCUT2D eigenvalue weighted by molar-refractivity contribution is -0.135. The van der Waals surface area contributed by atoms with Crippen LogP contribution >= 0.6 is 11.8 Å². The summed E-state index contributed by atoms with van der Waals surface area (Å²) in [6, 6.07) is 13.3. The first-order valence-electron chi connectivity index (χ1n) is 17.4. The van der Waals surface area contributed by atoms with Crippen molar-refractivity contribution >= 4 is 47.2 Å². The largest absolute Gasteiger partial charge is 0.368 e. The zero-order chi connectivity index (χ0) is 37.8. The van der Waals surface area contributed by atoms with E-state index in [1.54, 1.807) is 0 Å². The Kier molecular flexibility index (Phi) is 19.4. The second-order valence-corrected chi connectivity index (χ2v) is 14.0. The number of thioether (sulfide) groups is 1. The first kappa shape index (κ1) is 42.7. The van der Waals surface area contributed by atoms with E-state index in [9.17, 15) is 28.8 Å². The van der Waals surface area contributed by atoms with E-state index < -0.39 is 59.7 Å². The predicted molar refractivity (Wildman–Crippen MR) is 200 cm³/mol. The van der Waals surface area contributed by atoms with Gasteiger partial charge >= 0.3 is 0 Å². The molecule has 13 nitrogen and oxygen atoms in total. The number of amides is 6. The third-order valence-corrected chi connectivity index (χ3v) is 8.71. The van der Waals surface area contributed by atoms with Gasteiger partial charge in [-0.15, -0.1) is 0 Å². The molecule has 0 spiro atoms. The topological polar surface area (TPSA) is 215 Å². The van der Waals surface area contributed by atoms with Crippen LogP contribution < -0.4 is 38.1 Å². The zero-order valence-electron chi connectivity index (χ0n) is 30.1. The van der Waals surface area contributed by atoms with Crippen LogP contribution in [0.15, 0.2) is 60.7 Å². The van der Waals surface area contributed by atoms with Crippen molar-refractivity contribution in [2.24, 2.45) is 17.4 Å². The predicted octanol–water partition coefficient (Wildman–Crippen LogP) is 1.33. The molecule has 6 amide bonds. The van der Waals surface area contributed by atoms with Gasteiger partial charge in [0.15, 0.2) is 0 Å².